The lowest BCUT2D eigenvalue weighted by Crippen LogP contribution is -2.31. The third-order valence-corrected chi connectivity index (χ3v) is 4.86. The van der Waals surface area contributed by atoms with Crippen molar-refractivity contribution in [1.29, 1.82) is 0 Å². The van der Waals surface area contributed by atoms with Gasteiger partial charge in [0.2, 0.25) is 0 Å². The van der Waals surface area contributed by atoms with Gasteiger partial charge in [0.05, 0.1) is 4.83 Å². The van der Waals surface area contributed by atoms with Crippen molar-refractivity contribution in [3.8, 4) is 11.8 Å². The SMILES string of the molecule is BC(CCCNC(C)C)(OCC#CC(C)C)SSC. The summed E-state index contributed by atoms with van der Waals surface area (Å²) in [5.41, 5.74) is 0. The van der Waals surface area contributed by atoms with Crippen molar-refractivity contribution in [2.45, 2.75) is 51.4 Å². The van der Waals surface area contributed by atoms with E-state index in [0.717, 1.165) is 19.4 Å². The maximum absolute atomic E-state index is 5.97. The molecule has 0 rings (SSSR count). The predicted molar refractivity (Wildman–Crippen MR) is 93.3 cm³/mol. The molecular formula is C14H28BNOS2. The molecule has 1 unspecified atom stereocenters. The summed E-state index contributed by atoms with van der Waals surface area (Å²) >= 11 is 0. The molecule has 0 aliphatic heterocycles. The molecule has 0 aromatic heterocycles. The molecule has 5 heteroatoms. The molecule has 0 aliphatic rings. The quantitative estimate of drug-likeness (QED) is 0.232. The van der Waals surface area contributed by atoms with E-state index in [1.54, 1.807) is 21.6 Å². The molecule has 110 valence electrons. The van der Waals surface area contributed by atoms with Crippen LogP contribution in [-0.2, 0) is 4.74 Å². The Kier molecular flexibility index (Phi) is 11.1. The summed E-state index contributed by atoms with van der Waals surface area (Å²) in [4.78, 5) is -0.135. The van der Waals surface area contributed by atoms with Gasteiger partial charge >= 0.3 is 0 Å². The fourth-order valence-corrected chi connectivity index (χ4v) is 3.69. The van der Waals surface area contributed by atoms with E-state index in [2.05, 4.69) is 59.0 Å². The smallest absolute Gasteiger partial charge is 0.157 e. The molecule has 0 heterocycles. The molecule has 0 aromatic rings. The van der Waals surface area contributed by atoms with Crippen LogP contribution in [0.15, 0.2) is 0 Å². The van der Waals surface area contributed by atoms with Crippen LogP contribution in [0.2, 0.25) is 0 Å². The normalized spacial score (nSPS) is 14.3. The van der Waals surface area contributed by atoms with Gasteiger partial charge < -0.3 is 10.1 Å². The van der Waals surface area contributed by atoms with E-state index < -0.39 is 0 Å². The number of hydrogen-bond acceptors (Lipinski definition) is 4. The van der Waals surface area contributed by atoms with Crippen molar-refractivity contribution in [3.63, 3.8) is 0 Å². The van der Waals surface area contributed by atoms with Crippen molar-refractivity contribution in [1.82, 2.24) is 5.32 Å². The molecule has 1 atom stereocenters. The van der Waals surface area contributed by atoms with Gasteiger partial charge in [0.1, 0.15) is 6.61 Å². The van der Waals surface area contributed by atoms with Gasteiger partial charge in [-0.1, -0.05) is 61.1 Å². The van der Waals surface area contributed by atoms with E-state index in [1.807, 2.05) is 0 Å². The second kappa shape index (κ2) is 11.0. The van der Waals surface area contributed by atoms with E-state index >= 15 is 0 Å². The molecule has 0 saturated carbocycles. The standard InChI is InChI=1S/C14H28BNOS2/c1-12(2)8-6-11-17-14(15,19-18-5)9-7-10-16-13(3)4/h12-13,16H,7,9-11,15H2,1-5H3. The van der Waals surface area contributed by atoms with E-state index in [-0.39, 0.29) is 4.83 Å². The lowest BCUT2D eigenvalue weighted by molar-refractivity contribution is 0.104. The summed E-state index contributed by atoms with van der Waals surface area (Å²) < 4.78 is 5.97. The van der Waals surface area contributed by atoms with E-state index in [0.29, 0.717) is 18.6 Å². The first-order chi connectivity index (χ1) is 8.89. The summed E-state index contributed by atoms with van der Waals surface area (Å²) in [6, 6.07) is 0.553. The highest BCUT2D eigenvalue weighted by atomic mass is 33.1. The van der Waals surface area contributed by atoms with Crippen LogP contribution in [0, 0.1) is 17.8 Å². The molecule has 2 nitrogen and oxygen atoms in total. The maximum atomic E-state index is 5.97. The zero-order valence-electron chi connectivity index (χ0n) is 13.2. The number of rotatable bonds is 9. The van der Waals surface area contributed by atoms with E-state index in [4.69, 9.17) is 4.74 Å². The summed E-state index contributed by atoms with van der Waals surface area (Å²) in [7, 11) is 5.72. The highest BCUT2D eigenvalue weighted by Gasteiger charge is 2.24. The molecule has 0 bridgehead atoms. The van der Waals surface area contributed by atoms with Crippen molar-refractivity contribution in [3.05, 3.63) is 0 Å². The minimum atomic E-state index is -0.135. The van der Waals surface area contributed by atoms with Crippen LogP contribution >= 0.6 is 21.6 Å². The summed E-state index contributed by atoms with van der Waals surface area (Å²) in [6.45, 7) is 10.1. The van der Waals surface area contributed by atoms with Crippen LogP contribution in [0.25, 0.3) is 0 Å². The second-order valence-corrected chi connectivity index (χ2v) is 8.22. The van der Waals surface area contributed by atoms with Crippen LogP contribution in [-0.4, -0.2) is 38.1 Å². The van der Waals surface area contributed by atoms with Crippen molar-refractivity contribution in [2.24, 2.45) is 5.92 Å². The molecule has 1 N–H and O–H groups in total. The minimum Gasteiger partial charge on any atom is -0.360 e. The Hall–Kier alpha value is 0.245. The zero-order valence-corrected chi connectivity index (χ0v) is 14.8. The van der Waals surface area contributed by atoms with Gasteiger partial charge in [0.15, 0.2) is 7.85 Å². The second-order valence-electron chi connectivity index (χ2n) is 5.36. The summed E-state index contributed by atoms with van der Waals surface area (Å²) in [5, 5.41) is 3.44. The Labute approximate surface area is 128 Å². The Balaban J connectivity index is 4.08. The first kappa shape index (κ1) is 19.2. The predicted octanol–water partition coefficient (Wildman–Crippen LogP) is 2.74. The van der Waals surface area contributed by atoms with Crippen LogP contribution in [0.3, 0.4) is 0 Å². The molecule has 0 amide bonds. The van der Waals surface area contributed by atoms with Crippen LogP contribution < -0.4 is 5.32 Å². The third-order valence-electron chi connectivity index (χ3n) is 2.46. The lowest BCUT2D eigenvalue weighted by Gasteiger charge is -2.28. The maximum Gasteiger partial charge on any atom is 0.157 e. The van der Waals surface area contributed by atoms with Gasteiger partial charge in [-0.15, -0.1) is 0 Å². The average Bonchev–Trinajstić information content (AvgIpc) is 2.31. The Morgan fingerprint density at radius 1 is 1.32 bits per heavy atom. The molecule has 0 fully saturated rings. The highest BCUT2D eigenvalue weighted by molar-refractivity contribution is 8.77. The number of nitrogens with one attached hydrogen (secondary N) is 1. The number of ether oxygens (including phenoxy) is 1. The zero-order chi connectivity index (χ0) is 14.7. The van der Waals surface area contributed by atoms with Crippen molar-refractivity contribution < 1.29 is 4.74 Å². The van der Waals surface area contributed by atoms with E-state index in [1.165, 1.54) is 0 Å². The molecule has 0 radical (unpaired) electrons. The molecular weight excluding hydrogens is 273 g/mol. The van der Waals surface area contributed by atoms with Gasteiger partial charge in [-0.25, -0.2) is 0 Å². The van der Waals surface area contributed by atoms with Gasteiger partial charge in [-0.3, -0.25) is 0 Å². The molecule has 0 aliphatic carbocycles. The average molecular weight is 301 g/mol. The summed E-state index contributed by atoms with van der Waals surface area (Å²) in [5.74, 6) is 6.65. The Morgan fingerprint density at radius 3 is 2.53 bits per heavy atom. The Bertz CT molecular complexity index is 289. The summed E-state index contributed by atoms with van der Waals surface area (Å²) in [6.07, 6.45) is 4.26. The lowest BCUT2D eigenvalue weighted by atomic mass is 9.94. The van der Waals surface area contributed by atoms with Crippen LogP contribution in [0.5, 0.6) is 0 Å². The molecule has 19 heavy (non-hydrogen) atoms. The van der Waals surface area contributed by atoms with Gasteiger partial charge in [-0.2, -0.15) is 0 Å². The monoisotopic (exact) mass is 301 g/mol. The minimum absolute atomic E-state index is 0.135. The highest BCUT2D eigenvalue weighted by Crippen LogP contribution is 2.36. The fraction of sp³-hybridized carbons (Fsp3) is 0.857. The van der Waals surface area contributed by atoms with Gasteiger partial charge in [-0.05, 0) is 25.6 Å². The Morgan fingerprint density at radius 2 is 2.00 bits per heavy atom. The largest absolute Gasteiger partial charge is 0.360 e. The van der Waals surface area contributed by atoms with Crippen LogP contribution in [0.1, 0.15) is 40.5 Å². The molecule has 0 aromatic carbocycles. The topological polar surface area (TPSA) is 21.3 Å². The van der Waals surface area contributed by atoms with Crippen molar-refractivity contribution in [2.75, 3.05) is 19.4 Å². The van der Waals surface area contributed by atoms with Crippen LogP contribution in [0.4, 0.5) is 0 Å². The fourth-order valence-electron chi connectivity index (χ4n) is 1.55. The molecule has 0 spiro atoms. The first-order valence-electron chi connectivity index (χ1n) is 6.97. The third kappa shape index (κ3) is 11.7. The van der Waals surface area contributed by atoms with Gasteiger partial charge in [0.25, 0.3) is 0 Å². The first-order valence-corrected chi connectivity index (χ1v) is 9.53. The van der Waals surface area contributed by atoms with E-state index in [9.17, 15) is 0 Å². The van der Waals surface area contributed by atoms with Gasteiger partial charge in [0, 0.05) is 12.0 Å². The number of hydrogen-bond donors (Lipinski definition) is 1. The molecule has 0 saturated heterocycles. The van der Waals surface area contributed by atoms with Crippen molar-refractivity contribution >= 4 is 29.4 Å².